The van der Waals surface area contributed by atoms with Crippen molar-refractivity contribution >= 4 is 33.9 Å². The molecule has 90 valence electrons. The molecule has 0 N–H and O–H groups in total. The van der Waals surface area contributed by atoms with E-state index in [1.165, 1.54) is 11.3 Å². The normalized spacial score (nSPS) is 10.8. The standard InChI is InChI=1S/C11H12N2O3S/c1-4-16-11(15)9-7(5-14)8-10(13(9)3)17-6(2)12-8/h5H,4H2,1-3H3. The van der Waals surface area contributed by atoms with Crippen molar-refractivity contribution in [1.82, 2.24) is 9.55 Å². The molecule has 0 radical (unpaired) electrons. The van der Waals surface area contributed by atoms with Crippen molar-refractivity contribution in [3.05, 3.63) is 16.3 Å². The summed E-state index contributed by atoms with van der Waals surface area (Å²) in [6.45, 7) is 3.87. The van der Waals surface area contributed by atoms with Gasteiger partial charge >= 0.3 is 5.97 Å². The molecule has 5 nitrogen and oxygen atoms in total. The Balaban J connectivity index is 2.70. The predicted molar refractivity (Wildman–Crippen MR) is 64.7 cm³/mol. The van der Waals surface area contributed by atoms with Gasteiger partial charge < -0.3 is 9.30 Å². The fourth-order valence-electron chi connectivity index (χ4n) is 1.77. The number of carbonyl (C=O) groups is 2. The molecule has 0 aliphatic rings. The highest BCUT2D eigenvalue weighted by molar-refractivity contribution is 7.18. The summed E-state index contributed by atoms with van der Waals surface area (Å²) >= 11 is 1.45. The number of rotatable bonds is 3. The first-order valence-electron chi connectivity index (χ1n) is 5.18. The largest absolute Gasteiger partial charge is 0.461 e. The Morgan fingerprint density at radius 3 is 2.88 bits per heavy atom. The summed E-state index contributed by atoms with van der Waals surface area (Å²) in [5.41, 5.74) is 1.16. The van der Waals surface area contributed by atoms with Crippen LogP contribution < -0.4 is 0 Å². The molecule has 0 saturated heterocycles. The molecule has 2 rings (SSSR count). The molecule has 0 saturated carbocycles. The molecule has 0 aliphatic heterocycles. The van der Waals surface area contributed by atoms with Gasteiger partial charge in [-0.1, -0.05) is 0 Å². The number of thiazole rings is 1. The van der Waals surface area contributed by atoms with Crippen LogP contribution in [0.25, 0.3) is 10.3 Å². The molecular formula is C11H12N2O3S. The highest BCUT2D eigenvalue weighted by Crippen LogP contribution is 2.28. The summed E-state index contributed by atoms with van der Waals surface area (Å²) in [5.74, 6) is -0.486. The van der Waals surface area contributed by atoms with Crippen LogP contribution in [0.2, 0.25) is 0 Å². The maximum atomic E-state index is 11.8. The first kappa shape index (κ1) is 11.8. The average molecular weight is 252 g/mol. The van der Waals surface area contributed by atoms with E-state index in [2.05, 4.69) is 4.98 Å². The Morgan fingerprint density at radius 1 is 1.59 bits per heavy atom. The summed E-state index contributed by atoms with van der Waals surface area (Å²) in [7, 11) is 1.74. The van der Waals surface area contributed by atoms with Crippen molar-refractivity contribution in [2.45, 2.75) is 13.8 Å². The van der Waals surface area contributed by atoms with E-state index in [1.54, 1.807) is 18.5 Å². The van der Waals surface area contributed by atoms with Crippen molar-refractivity contribution in [1.29, 1.82) is 0 Å². The number of ether oxygens (including phenoxy) is 1. The molecule has 0 unspecified atom stereocenters. The number of carbonyl (C=O) groups excluding carboxylic acids is 2. The second-order valence-corrected chi connectivity index (χ2v) is 4.73. The van der Waals surface area contributed by atoms with Gasteiger partial charge in [-0.25, -0.2) is 9.78 Å². The molecule has 0 fully saturated rings. The zero-order valence-electron chi connectivity index (χ0n) is 9.81. The average Bonchev–Trinajstić information content (AvgIpc) is 2.76. The van der Waals surface area contributed by atoms with Gasteiger partial charge in [0, 0.05) is 7.05 Å². The Morgan fingerprint density at radius 2 is 2.29 bits per heavy atom. The summed E-state index contributed by atoms with van der Waals surface area (Å²) < 4.78 is 6.61. The molecule has 0 atom stereocenters. The summed E-state index contributed by atoms with van der Waals surface area (Å²) in [5, 5.41) is 0.865. The van der Waals surface area contributed by atoms with Gasteiger partial charge in [0.15, 0.2) is 6.29 Å². The maximum Gasteiger partial charge on any atom is 0.355 e. The van der Waals surface area contributed by atoms with Crippen LogP contribution in [-0.4, -0.2) is 28.4 Å². The fraction of sp³-hybridized carbons (Fsp3) is 0.364. The number of aryl methyl sites for hydroxylation is 2. The van der Waals surface area contributed by atoms with Crippen LogP contribution in [0.3, 0.4) is 0 Å². The van der Waals surface area contributed by atoms with Gasteiger partial charge in [0.05, 0.1) is 17.2 Å². The van der Waals surface area contributed by atoms with Gasteiger partial charge in [-0.2, -0.15) is 0 Å². The van der Waals surface area contributed by atoms with Crippen molar-refractivity contribution in [2.75, 3.05) is 6.61 Å². The van der Waals surface area contributed by atoms with Crippen LogP contribution >= 0.6 is 11.3 Å². The topological polar surface area (TPSA) is 61.2 Å². The van der Waals surface area contributed by atoms with E-state index in [4.69, 9.17) is 4.74 Å². The van der Waals surface area contributed by atoms with Crippen LogP contribution in [0.1, 0.15) is 32.8 Å². The fourth-order valence-corrected chi connectivity index (χ4v) is 2.67. The first-order chi connectivity index (χ1) is 8.10. The molecule has 0 aromatic carbocycles. The lowest BCUT2D eigenvalue weighted by molar-refractivity contribution is 0.0513. The predicted octanol–water partition coefficient (Wildman–Crippen LogP) is 1.93. The van der Waals surface area contributed by atoms with Gasteiger partial charge in [0.25, 0.3) is 0 Å². The second kappa shape index (κ2) is 4.29. The molecule has 2 aromatic rings. The van der Waals surface area contributed by atoms with E-state index in [-0.39, 0.29) is 12.3 Å². The number of hydrogen-bond acceptors (Lipinski definition) is 5. The number of hydrogen-bond donors (Lipinski definition) is 0. The number of aldehydes is 1. The summed E-state index contributed by atoms with van der Waals surface area (Å²) in [6, 6.07) is 0. The number of esters is 1. The molecule has 0 spiro atoms. The smallest absolute Gasteiger partial charge is 0.355 e. The van der Waals surface area contributed by atoms with E-state index in [9.17, 15) is 9.59 Å². The van der Waals surface area contributed by atoms with E-state index >= 15 is 0 Å². The molecule has 0 aliphatic carbocycles. The Bertz CT molecular complexity index is 597. The molecule has 17 heavy (non-hydrogen) atoms. The van der Waals surface area contributed by atoms with E-state index < -0.39 is 5.97 Å². The van der Waals surface area contributed by atoms with Gasteiger partial charge in [-0.15, -0.1) is 11.3 Å². The third kappa shape index (κ3) is 1.74. The number of aromatic nitrogens is 2. The highest BCUT2D eigenvalue weighted by atomic mass is 32.1. The minimum Gasteiger partial charge on any atom is -0.461 e. The SMILES string of the molecule is CCOC(=O)c1c(C=O)c2nc(C)sc2n1C. The van der Waals surface area contributed by atoms with Crippen LogP contribution in [0, 0.1) is 6.92 Å². The van der Waals surface area contributed by atoms with Crippen LogP contribution in [0.4, 0.5) is 0 Å². The van der Waals surface area contributed by atoms with Crippen molar-refractivity contribution in [2.24, 2.45) is 7.05 Å². The van der Waals surface area contributed by atoms with Crippen LogP contribution in [-0.2, 0) is 11.8 Å². The number of fused-ring (bicyclic) bond motifs is 1. The zero-order chi connectivity index (χ0) is 12.6. The maximum absolute atomic E-state index is 11.8. The van der Waals surface area contributed by atoms with Gasteiger partial charge in [0.1, 0.15) is 16.0 Å². The summed E-state index contributed by atoms with van der Waals surface area (Å²) in [4.78, 5) is 28.0. The Hall–Kier alpha value is -1.69. The van der Waals surface area contributed by atoms with Crippen molar-refractivity contribution in [3.8, 4) is 0 Å². The quantitative estimate of drug-likeness (QED) is 0.618. The lowest BCUT2D eigenvalue weighted by atomic mass is 10.2. The molecular weight excluding hydrogens is 240 g/mol. The monoisotopic (exact) mass is 252 g/mol. The van der Waals surface area contributed by atoms with Crippen molar-refractivity contribution in [3.63, 3.8) is 0 Å². The summed E-state index contributed by atoms with van der Waals surface area (Å²) in [6.07, 6.45) is 0.660. The van der Waals surface area contributed by atoms with Crippen LogP contribution in [0.5, 0.6) is 0 Å². The van der Waals surface area contributed by atoms with Crippen molar-refractivity contribution < 1.29 is 14.3 Å². The molecule has 6 heteroatoms. The molecule has 2 heterocycles. The lowest BCUT2D eigenvalue weighted by Gasteiger charge is -2.03. The Labute approximate surface area is 102 Å². The third-order valence-electron chi connectivity index (χ3n) is 2.45. The van der Waals surface area contributed by atoms with E-state index in [0.717, 1.165) is 9.84 Å². The number of nitrogens with zero attached hydrogens (tertiary/aromatic N) is 2. The van der Waals surface area contributed by atoms with Gasteiger partial charge in [-0.05, 0) is 13.8 Å². The molecule has 0 amide bonds. The minimum absolute atomic E-state index is 0.274. The lowest BCUT2D eigenvalue weighted by Crippen LogP contribution is -2.12. The minimum atomic E-state index is -0.486. The zero-order valence-corrected chi connectivity index (χ0v) is 10.6. The van der Waals surface area contributed by atoms with Gasteiger partial charge in [-0.3, -0.25) is 4.79 Å². The molecule has 2 aromatic heterocycles. The molecule has 0 bridgehead atoms. The Kier molecular flexibility index (Phi) is 2.97. The van der Waals surface area contributed by atoms with Gasteiger partial charge in [0.2, 0.25) is 0 Å². The van der Waals surface area contributed by atoms with Crippen LogP contribution in [0.15, 0.2) is 0 Å². The van der Waals surface area contributed by atoms with E-state index in [0.29, 0.717) is 17.4 Å². The highest BCUT2D eigenvalue weighted by Gasteiger charge is 2.24. The third-order valence-corrected chi connectivity index (χ3v) is 3.50. The van der Waals surface area contributed by atoms with E-state index in [1.807, 2.05) is 6.92 Å². The second-order valence-electron chi connectivity index (χ2n) is 3.55. The first-order valence-corrected chi connectivity index (χ1v) is 5.99.